The molecule has 3 aromatic rings. The molecule has 0 radical (unpaired) electrons. The van der Waals surface area contributed by atoms with Crippen LogP contribution in [0.5, 0.6) is 0 Å². The molecule has 1 aromatic carbocycles. The molecule has 2 atom stereocenters. The van der Waals surface area contributed by atoms with Gasteiger partial charge in [0.25, 0.3) is 0 Å². The van der Waals surface area contributed by atoms with Gasteiger partial charge in [0.2, 0.25) is 0 Å². The number of furan rings is 1. The van der Waals surface area contributed by atoms with Gasteiger partial charge in [0.05, 0.1) is 11.8 Å². The molecule has 1 aliphatic rings. The quantitative estimate of drug-likeness (QED) is 0.740. The number of aliphatic hydroxyl groups is 1. The minimum atomic E-state index is -0.294. The van der Waals surface area contributed by atoms with E-state index in [1.54, 1.807) is 0 Å². The van der Waals surface area contributed by atoms with Gasteiger partial charge >= 0.3 is 0 Å². The van der Waals surface area contributed by atoms with E-state index in [9.17, 15) is 5.11 Å². The van der Waals surface area contributed by atoms with Crippen LogP contribution in [0, 0.1) is 19.8 Å². The summed E-state index contributed by atoms with van der Waals surface area (Å²) < 4.78 is 5.68. The van der Waals surface area contributed by atoms with Gasteiger partial charge in [-0.2, -0.15) is 5.10 Å². The van der Waals surface area contributed by atoms with Crippen molar-refractivity contribution in [2.75, 3.05) is 13.1 Å². The van der Waals surface area contributed by atoms with Crippen molar-refractivity contribution in [3.63, 3.8) is 0 Å². The van der Waals surface area contributed by atoms with Crippen LogP contribution in [-0.4, -0.2) is 39.4 Å². The third-order valence-corrected chi connectivity index (χ3v) is 5.10. The standard InChI is InChI=1S/C21H25N3O2/c1-14-9-19(23-22-14)10-18-12-24(13-20(18)25)11-16-4-6-17(7-5-16)21-8-3-15(2)26-21/h3-9,18,20,25H,10-13H2,1-2H3,(H,22,23)/t18-,20+/m1/s1. The van der Waals surface area contributed by atoms with Crippen molar-refractivity contribution in [1.82, 2.24) is 15.1 Å². The van der Waals surface area contributed by atoms with E-state index < -0.39 is 0 Å². The van der Waals surface area contributed by atoms with Crippen LogP contribution in [0.25, 0.3) is 11.3 Å². The summed E-state index contributed by atoms with van der Waals surface area (Å²) in [5, 5.41) is 17.7. The first-order valence-corrected chi connectivity index (χ1v) is 9.14. The first-order valence-electron chi connectivity index (χ1n) is 9.14. The zero-order valence-electron chi connectivity index (χ0n) is 15.3. The Balaban J connectivity index is 1.37. The molecule has 3 heterocycles. The molecule has 26 heavy (non-hydrogen) atoms. The topological polar surface area (TPSA) is 65.3 Å². The van der Waals surface area contributed by atoms with E-state index in [0.717, 1.165) is 48.0 Å². The molecule has 2 aromatic heterocycles. The van der Waals surface area contributed by atoms with E-state index in [1.165, 1.54) is 5.56 Å². The second kappa shape index (κ2) is 7.09. The van der Waals surface area contributed by atoms with Crippen LogP contribution in [0.1, 0.15) is 22.7 Å². The summed E-state index contributed by atoms with van der Waals surface area (Å²) in [6, 6.07) is 14.5. The maximum absolute atomic E-state index is 10.4. The first kappa shape index (κ1) is 17.1. The highest BCUT2D eigenvalue weighted by atomic mass is 16.3. The molecule has 0 spiro atoms. The molecule has 0 saturated carbocycles. The van der Waals surface area contributed by atoms with Crippen molar-refractivity contribution in [2.24, 2.45) is 5.92 Å². The highest BCUT2D eigenvalue weighted by Crippen LogP contribution is 2.25. The number of hydrogen-bond donors (Lipinski definition) is 2. The lowest BCUT2D eigenvalue weighted by Crippen LogP contribution is -2.21. The van der Waals surface area contributed by atoms with E-state index in [-0.39, 0.29) is 12.0 Å². The van der Waals surface area contributed by atoms with Crippen LogP contribution < -0.4 is 0 Å². The third-order valence-electron chi connectivity index (χ3n) is 5.10. The summed E-state index contributed by atoms with van der Waals surface area (Å²) >= 11 is 0. The second-order valence-electron chi connectivity index (χ2n) is 7.38. The molecule has 136 valence electrons. The Hall–Kier alpha value is -2.37. The molecule has 0 aliphatic carbocycles. The second-order valence-corrected chi connectivity index (χ2v) is 7.38. The molecule has 2 N–H and O–H groups in total. The summed E-state index contributed by atoms with van der Waals surface area (Å²) in [4.78, 5) is 2.32. The van der Waals surface area contributed by atoms with Gasteiger partial charge in [-0.25, -0.2) is 0 Å². The molecule has 0 bridgehead atoms. The molecule has 4 rings (SSSR count). The number of nitrogens with one attached hydrogen (secondary N) is 1. The van der Waals surface area contributed by atoms with Gasteiger partial charge in [-0.1, -0.05) is 24.3 Å². The van der Waals surface area contributed by atoms with Crippen molar-refractivity contribution >= 4 is 0 Å². The minimum Gasteiger partial charge on any atom is -0.461 e. The van der Waals surface area contributed by atoms with E-state index >= 15 is 0 Å². The number of aryl methyl sites for hydroxylation is 2. The van der Waals surface area contributed by atoms with Gasteiger partial charge < -0.3 is 9.52 Å². The van der Waals surface area contributed by atoms with Gasteiger partial charge in [0.1, 0.15) is 11.5 Å². The molecule has 0 unspecified atom stereocenters. The summed E-state index contributed by atoms with van der Waals surface area (Å²) in [5.74, 6) is 2.07. The number of aromatic nitrogens is 2. The highest BCUT2D eigenvalue weighted by Gasteiger charge is 2.31. The fourth-order valence-electron chi connectivity index (χ4n) is 3.74. The molecule has 5 heteroatoms. The average Bonchev–Trinajstić information content (AvgIpc) is 3.31. The lowest BCUT2D eigenvalue weighted by molar-refractivity contribution is 0.140. The normalized spacial score (nSPS) is 20.7. The van der Waals surface area contributed by atoms with Crippen LogP contribution in [0.3, 0.4) is 0 Å². The fraction of sp³-hybridized carbons (Fsp3) is 0.381. The van der Waals surface area contributed by atoms with E-state index in [1.807, 2.05) is 26.0 Å². The number of rotatable bonds is 5. The summed E-state index contributed by atoms with van der Waals surface area (Å²) in [5.41, 5.74) is 4.44. The smallest absolute Gasteiger partial charge is 0.134 e. The molecule has 1 fully saturated rings. The SMILES string of the molecule is Cc1cc(C[C@@H]2CN(Cc3ccc(-c4ccc(C)o4)cc3)C[C@@H]2O)n[nH]1. The van der Waals surface area contributed by atoms with Gasteiger partial charge in [0.15, 0.2) is 0 Å². The maximum atomic E-state index is 10.4. The van der Waals surface area contributed by atoms with E-state index in [4.69, 9.17) is 4.42 Å². The molecular formula is C21H25N3O2. The van der Waals surface area contributed by atoms with E-state index in [2.05, 4.69) is 45.4 Å². The molecular weight excluding hydrogens is 326 g/mol. The Morgan fingerprint density at radius 3 is 2.62 bits per heavy atom. The summed E-state index contributed by atoms with van der Waals surface area (Å²) in [6.45, 7) is 6.42. The maximum Gasteiger partial charge on any atom is 0.134 e. The van der Waals surface area contributed by atoms with Crippen LogP contribution in [-0.2, 0) is 13.0 Å². The number of benzene rings is 1. The third kappa shape index (κ3) is 3.74. The van der Waals surface area contributed by atoms with Gasteiger partial charge in [-0.3, -0.25) is 10.00 Å². The van der Waals surface area contributed by atoms with Crippen molar-refractivity contribution in [1.29, 1.82) is 0 Å². The van der Waals surface area contributed by atoms with Gasteiger partial charge in [0, 0.05) is 36.8 Å². The number of nitrogens with zero attached hydrogens (tertiary/aromatic N) is 2. The summed E-state index contributed by atoms with van der Waals surface area (Å²) in [6.07, 6.45) is 0.524. The molecule has 1 saturated heterocycles. The van der Waals surface area contributed by atoms with Crippen molar-refractivity contribution in [3.8, 4) is 11.3 Å². The minimum absolute atomic E-state index is 0.239. The molecule has 0 amide bonds. The Labute approximate surface area is 153 Å². The van der Waals surface area contributed by atoms with Crippen LogP contribution in [0.4, 0.5) is 0 Å². The Morgan fingerprint density at radius 1 is 1.15 bits per heavy atom. The highest BCUT2D eigenvalue weighted by molar-refractivity contribution is 5.57. The van der Waals surface area contributed by atoms with Crippen molar-refractivity contribution < 1.29 is 9.52 Å². The van der Waals surface area contributed by atoms with E-state index in [0.29, 0.717) is 6.54 Å². The lowest BCUT2D eigenvalue weighted by atomic mass is 10.0. The molecule has 1 aliphatic heterocycles. The number of aliphatic hydroxyl groups excluding tert-OH is 1. The first-order chi connectivity index (χ1) is 12.6. The Morgan fingerprint density at radius 2 is 1.96 bits per heavy atom. The number of aromatic amines is 1. The zero-order valence-corrected chi connectivity index (χ0v) is 15.3. The van der Waals surface area contributed by atoms with Gasteiger partial charge in [-0.15, -0.1) is 0 Å². The number of H-pyrrole nitrogens is 1. The van der Waals surface area contributed by atoms with Crippen molar-refractivity contribution in [3.05, 3.63) is 65.2 Å². The van der Waals surface area contributed by atoms with Gasteiger partial charge in [-0.05, 0) is 44.0 Å². The Kier molecular flexibility index (Phi) is 4.66. The zero-order chi connectivity index (χ0) is 18.1. The largest absolute Gasteiger partial charge is 0.461 e. The average molecular weight is 351 g/mol. The van der Waals surface area contributed by atoms with Crippen molar-refractivity contribution in [2.45, 2.75) is 32.9 Å². The lowest BCUT2D eigenvalue weighted by Gasteiger charge is -2.15. The number of likely N-dealkylation sites (tertiary alicyclic amines) is 1. The fourth-order valence-corrected chi connectivity index (χ4v) is 3.74. The van der Waals surface area contributed by atoms with Crippen LogP contribution >= 0.6 is 0 Å². The summed E-state index contributed by atoms with van der Waals surface area (Å²) in [7, 11) is 0. The monoisotopic (exact) mass is 351 g/mol. The van der Waals surface area contributed by atoms with Crippen LogP contribution in [0.15, 0.2) is 46.9 Å². The van der Waals surface area contributed by atoms with Crippen LogP contribution in [0.2, 0.25) is 0 Å². The number of hydrogen-bond acceptors (Lipinski definition) is 4. The predicted molar refractivity (Wildman–Crippen MR) is 101 cm³/mol. The molecule has 5 nitrogen and oxygen atoms in total. The Bertz CT molecular complexity index is 866. The predicted octanol–water partition coefficient (Wildman–Crippen LogP) is 3.32. The number of β-amino-alcohol motifs (C(OH)–C–C–N with tert-alkyl or cyclic N) is 1.